The number of esters is 1. The molecule has 0 fully saturated rings. The van der Waals surface area contributed by atoms with Crippen LogP contribution in [0.4, 0.5) is 10.7 Å². The summed E-state index contributed by atoms with van der Waals surface area (Å²) in [4.78, 5) is 33.4. The average molecular weight is 473 g/mol. The van der Waals surface area contributed by atoms with Crippen LogP contribution in [0.3, 0.4) is 0 Å². The number of nitrogens with two attached hydrogens (primary N) is 2. The predicted octanol–water partition coefficient (Wildman–Crippen LogP) is 3.50. The van der Waals surface area contributed by atoms with Gasteiger partial charge in [-0.15, -0.1) is 0 Å². The number of anilines is 1. The molecule has 0 bridgehead atoms. The van der Waals surface area contributed by atoms with Crippen molar-refractivity contribution in [2.45, 2.75) is 6.61 Å². The molecule has 0 radical (unpaired) electrons. The van der Waals surface area contributed by atoms with E-state index < -0.39 is 12.0 Å². The third-order valence-electron chi connectivity index (χ3n) is 5.25. The number of hydrogen-bond donors (Lipinski definition) is 2. The highest BCUT2D eigenvalue weighted by Crippen LogP contribution is 2.36. The summed E-state index contributed by atoms with van der Waals surface area (Å²) in [7, 11) is 3.07. The first-order valence-corrected chi connectivity index (χ1v) is 10.5. The Bertz CT molecular complexity index is 1380. The zero-order chi connectivity index (χ0) is 24.9. The second kappa shape index (κ2) is 9.96. The molecular weight excluding hydrogens is 450 g/mol. The first kappa shape index (κ1) is 23.3. The van der Waals surface area contributed by atoms with E-state index >= 15 is 0 Å². The van der Waals surface area contributed by atoms with Crippen LogP contribution in [0, 0.1) is 0 Å². The van der Waals surface area contributed by atoms with Gasteiger partial charge in [-0.05, 0) is 29.3 Å². The van der Waals surface area contributed by atoms with Crippen LogP contribution in [0.1, 0.15) is 16.1 Å². The lowest BCUT2D eigenvalue weighted by molar-refractivity contribution is 0.0462. The molecule has 4 rings (SSSR count). The minimum absolute atomic E-state index is 0.0178. The standard InChI is InChI=1S/C25H23N5O5/c1-33-20-9-8-16(11-21(20)34-2)18-12-28-24(26)29-22(18)17-10-19(30(13-17)25(27)32)23(31)35-14-15-6-4-3-5-7-15/h3-13H,14H2,1-2H3,(H2,27,32)(H2,26,28,29). The first-order valence-electron chi connectivity index (χ1n) is 10.5. The molecule has 35 heavy (non-hydrogen) atoms. The van der Waals surface area contributed by atoms with Gasteiger partial charge in [0.2, 0.25) is 5.95 Å². The SMILES string of the molecule is COc1ccc(-c2cnc(N)nc2-c2cc(C(=O)OCc3ccccc3)n(C(N)=O)c2)cc1OC. The number of benzene rings is 2. The summed E-state index contributed by atoms with van der Waals surface area (Å²) in [6.45, 7) is 0.0380. The Balaban J connectivity index is 1.75. The third-order valence-corrected chi connectivity index (χ3v) is 5.25. The molecule has 0 spiro atoms. The zero-order valence-corrected chi connectivity index (χ0v) is 19.1. The molecule has 0 aliphatic heterocycles. The van der Waals surface area contributed by atoms with Crippen molar-refractivity contribution in [2.75, 3.05) is 20.0 Å². The van der Waals surface area contributed by atoms with E-state index in [2.05, 4.69) is 9.97 Å². The van der Waals surface area contributed by atoms with Gasteiger partial charge in [0.05, 0.1) is 19.9 Å². The number of amides is 1. The number of rotatable bonds is 7. The van der Waals surface area contributed by atoms with E-state index in [1.54, 1.807) is 31.5 Å². The van der Waals surface area contributed by atoms with Crippen LogP contribution in [0.25, 0.3) is 22.4 Å². The smallest absolute Gasteiger partial charge is 0.355 e. The molecule has 0 unspecified atom stereocenters. The van der Waals surface area contributed by atoms with Crippen molar-refractivity contribution < 1.29 is 23.8 Å². The molecule has 0 saturated heterocycles. The van der Waals surface area contributed by atoms with Crippen LogP contribution < -0.4 is 20.9 Å². The topological polar surface area (TPSA) is 145 Å². The van der Waals surface area contributed by atoms with Crippen molar-refractivity contribution >= 4 is 17.9 Å². The number of ether oxygens (including phenoxy) is 3. The highest BCUT2D eigenvalue weighted by Gasteiger charge is 2.22. The van der Waals surface area contributed by atoms with Crippen LogP contribution in [-0.2, 0) is 11.3 Å². The Kier molecular flexibility index (Phi) is 6.63. The van der Waals surface area contributed by atoms with Crippen LogP contribution in [0.15, 0.2) is 67.0 Å². The summed E-state index contributed by atoms with van der Waals surface area (Å²) >= 11 is 0. The Morgan fingerprint density at radius 3 is 2.40 bits per heavy atom. The molecule has 0 saturated carbocycles. The lowest BCUT2D eigenvalue weighted by Gasteiger charge is -2.12. The van der Waals surface area contributed by atoms with Crippen molar-refractivity contribution in [1.82, 2.24) is 14.5 Å². The van der Waals surface area contributed by atoms with Gasteiger partial charge < -0.3 is 25.7 Å². The van der Waals surface area contributed by atoms with E-state index in [4.69, 9.17) is 25.7 Å². The van der Waals surface area contributed by atoms with E-state index in [9.17, 15) is 9.59 Å². The lowest BCUT2D eigenvalue weighted by Crippen LogP contribution is -2.23. The molecule has 0 atom stereocenters. The Hall–Kier alpha value is -4.86. The summed E-state index contributed by atoms with van der Waals surface area (Å²) in [6.07, 6.45) is 2.96. The largest absolute Gasteiger partial charge is 0.493 e. The highest BCUT2D eigenvalue weighted by molar-refractivity contribution is 5.96. The van der Waals surface area contributed by atoms with E-state index in [1.807, 2.05) is 30.3 Å². The second-order valence-electron chi connectivity index (χ2n) is 7.44. The van der Waals surface area contributed by atoms with Gasteiger partial charge in [0.25, 0.3) is 0 Å². The Labute approximate surface area is 201 Å². The number of carbonyl (C=O) groups excluding carboxylic acids is 2. The zero-order valence-electron chi connectivity index (χ0n) is 19.1. The molecule has 4 N–H and O–H groups in total. The van der Waals surface area contributed by atoms with Crippen LogP contribution >= 0.6 is 0 Å². The van der Waals surface area contributed by atoms with Crippen LogP contribution in [0.5, 0.6) is 11.5 Å². The molecule has 178 valence electrons. The maximum atomic E-state index is 12.8. The van der Waals surface area contributed by atoms with Crippen LogP contribution in [0.2, 0.25) is 0 Å². The molecular formula is C25H23N5O5. The summed E-state index contributed by atoms with van der Waals surface area (Å²) in [5.41, 5.74) is 14.3. The van der Waals surface area contributed by atoms with Gasteiger partial charge in [-0.1, -0.05) is 36.4 Å². The quantitative estimate of drug-likeness (QED) is 0.388. The number of aromatic nitrogens is 3. The van der Waals surface area contributed by atoms with Crippen molar-refractivity contribution in [3.05, 3.63) is 78.2 Å². The minimum Gasteiger partial charge on any atom is -0.493 e. The molecule has 2 aromatic carbocycles. The van der Waals surface area contributed by atoms with Gasteiger partial charge >= 0.3 is 12.0 Å². The number of hydrogen-bond acceptors (Lipinski definition) is 8. The van der Waals surface area contributed by atoms with Gasteiger partial charge in [0.1, 0.15) is 12.3 Å². The number of nitrogens with zero attached hydrogens (tertiary/aromatic N) is 3. The van der Waals surface area contributed by atoms with Gasteiger partial charge in [0, 0.05) is 23.5 Å². The van der Waals surface area contributed by atoms with Crippen molar-refractivity contribution in [2.24, 2.45) is 5.73 Å². The third kappa shape index (κ3) is 4.91. The van der Waals surface area contributed by atoms with E-state index in [0.29, 0.717) is 33.9 Å². The average Bonchev–Trinajstić information content (AvgIpc) is 3.33. The molecule has 10 nitrogen and oxygen atoms in total. The number of nitrogen functional groups attached to an aromatic ring is 1. The summed E-state index contributed by atoms with van der Waals surface area (Å²) in [5.74, 6) is 0.364. The second-order valence-corrected chi connectivity index (χ2v) is 7.44. The van der Waals surface area contributed by atoms with E-state index in [1.165, 1.54) is 19.4 Å². The minimum atomic E-state index is -0.849. The number of carbonyl (C=O) groups is 2. The maximum Gasteiger partial charge on any atom is 0.355 e. The first-order chi connectivity index (χ1) is 16.9. The number of primary amides is 1. The predicted molar refractivity (Wildman–Crippen MR) is 129 cm³/mol. The fraction of sp³-hybridized carbons (Fsp3) is 0.120. The van der Waals surface area contributed by atoms with E-state index in [0.717, 1.165) is 10.1 Å². The normalized spacial score (nSPS) is 10.6. The summed E-state index contributed by atoms with van der Waals surface area (Å²) in [5, 5.41) is 0. The van der Waals surface area contributed by atoms with Gasteiger partial charge in [-0.25, -0.2) is 19.6 Å². The molecule has 10 heteroatoms. The molecule has 0 aliphatic rings. The molecule has 4 aromatic rings. The lowest BCUT2D eigenvalue weighted by atomic mass is 10.0. The van der Waals surface area contributed by atoms with Crippen molar-refractivity contribution in [3.8, 4) is 33.9 Å². The monoisotopic (exact) mass is 473 g/mol. The molecule has 2 aromatic heterocycles. The molecule has 0 aliphatic carbocycles. The van der Waals surface area contributed by atoms with Crippen LogP contribution in [-0.4, -0.2) is 40.8 Å². The van der Waals surface area contributed by atoms with Gasteiger partial charge in [0.15, 0.2) is 11.5 Å². The van der Waals surface area contributed by atoms with E-state index in [-0.39, 0.29) is 18.2 Å². The fourth-order valence-corrected chi connectivity index (χ4v) is 3.56. The Morgan fingerprint density at radius 2 is 1.71 bits per heavy atom. The fourth-order valence-electron chi connectivity index (χ4n) is 3.56. The Morgan fingerprint density at radius 1 is 0.971 bits per heavy atom. The van der Waals surface area contributed by atoms with Crippen molar-refractivity contribution in [3.63, 3.8) is 0 Å². The summed E-state index contributed by atoms with van der Waals surface area (Å²) < 4.78 is 17.1. The summed E-state index contributed by atoms with van der Waals surface area (Å²) in [6, 6.07) is 15.1. The number of methoxy groups -OCH3 is 2. The van der Waals surface area contributed by atoms with Gasteiger partial charge in [-0.2, -0.15) is 0 Å². The van der Waals surface area contributed by atoms with Gasteiger partial charge in [-0.3, -0.25) is 4.57 Å². The molecule has 2 heterocycles. The molecule has 1 amide bonds. The maximum absolute atomic E-state index is 12.8. The van der Waals surface area contributed by atoms with Crippen molar-refractivity contribution in [1.29, 1.82) is 0 Å². The highest BCUT2D eigenvalue weighted by atomic mass is 16.5.